The maximum absolute atomic E-state index is 13.7. The van der Waals surface area contributed by atoms with Crippen LogP contribution in [-0.2, 0) is 9.53 Å². The molecule has 0 radical (unpaired) electrons. The number of carbonyl (C=O) groups is 2. The molecular formula is C18H20FN3O4. The van der Waals surface area contributed by atoms with Crippen LogP contribution in [0.3, 0.4) is 0 Å². The fraction of sp³-hybridized carbons (Fsp3) is 0.389. The Kier molecular flexibility index (Phi) is 4.78. The van der Waals surface area contributed by atoms with E-state index in [4.69, 9.17) is 4.74 Å². The molecule has 1 N–H and O–H groups in total. The van der Waals surface area contributed by atoms with E-state index >= 15 is 0 Å². The van der Waals surface area contributed by atoms with Crippen LogP contribution >= 0.6 is 0 Å². The number of likely N-dealkylation sites (N-methyl/N-ethyl adjacent to an activating group) is 1. The van der Waals surface area contributed by atoms with Crippen LogP contribution in [-0.4, -0.2) is 66.5 Å². The topological polar surface area (TPSA) is 82.7 Å². The van der Waals surface area contributed by atoms with Gasteiger partial charge < -0.3 is 19.5 Å². The van der Waals surface area contributed by atoms with Crippen molar-refractivity contribution in [2.24, 2.45) is 0 Å². The lowest BCUT2D eigenvalue weighted by atomic mass is 10.1. The van der Waals surface area contributed by atoms with Crippen LogP contribution < -0.4 is 5.56 Å². The molecule has 1 saturated heterocycles. The SMILES string of the molecule is COC(=O)[C@@H]1C[C@@H](N(C)C)CN1C(=O)c1cc(=O)[nH]c2ccc(F)cc12. The summed E-state index contributed by atoms with van der Waals surface area (Å²) in [5.74, 6) is -1.52. The van der Waals surface area contributed by atoms with Gasteiger partial charge in [-0.2, -0.15) is 0 Å². The first-order valence-electron chi connectivity index (χ1n) is 8.19. The molecule has 0 saturated carbocycles. The fourth-order valence-corrected chi connectivity index (χ4v) is 3.33. The van der Waals surface area contributed by atoms with Crippen LogP contribution in [0.25, 0.3) is 10.9 Å². The van der Waals surface area contributed by atoms with E-state index in [1.807, 2.05) is 19.0 Å². The molecule has 8 heteroatoms. The molecule has 1 aromatic carbocycles. The number of aromatic amines is 1. The van der Waals surface area contributed by atoms with E-state index in [2.05, 4.69) is 4.98 Å². The molecule has 1 aliphatic rings. The molecule has 0 unspecified atom stereocenters. The number of rotatable bonds is 3. The number of esters is 1. The van der Waals surface area contributed by atoms with E-state index in [1.54, 1.807) is 0 Å². The maximum Gasteiger partial charge on any atom is 0.328 e. The normalized spacial score (nSPS) is 20.0. The first kappa shape index (κ1) is 18.1. The van der Waals surface area contributed by atoms with Gasteiger partial charge in [0.25, 0.3) is 5.91 Å². The summed E-state index contributed by atoms with van der Waals surface area (Å²) in [6.45, 7) is 0.315. The molecule has 26 heavy (non-hydrogen) atoms. The average molecular weight is 361 g/mol. The van der Waals surface area contributed by atoms with E-state index in [1.165, 1.54) is 30.2 Å². The third-order valence-corrected chi connectivity index (χ3v) is 4.78. The van der Waals surface area contributed by atoms with Crippen LogP contribution in [0.2, 0.25) is 0 Å². The number of nitrogens with zero attached hydrogens (tertiary/aromatic N) is 2. The smallest absolute Gasteiger partial charge is 0.328 e. The van der Waals surface area contributed by atoms with Gasteiger partial charge in [-0.1, -0.05) is 0 Å². The Morgan fingerprint density at radius 2 is 2.04 bits per heavy atom. The maximum atomic E-state index is 13.7. The number of benzene rings is 1. The number of fused-ring (bicyclic) bond motifs is 1. The molecule has 2 atom stereocenters. The monoisotopic (exact) mass is 361 g/mol. The van der Waals surface area contributed by atoms with Gasteiger partial charge in [0.15, 0.2) is 0 Å². The first-order chi connectivity index (χ1) is 12.3. The van der Waals surface area contributed by atoms with Crippen LogP contribution in [0.1, 0.15) is 16.8 Å². The van der Waals surface area contributed by atoms with E-state index in [-0.39, 0.29) is 11.6 Å². The van der Waals surface area contributed by atoms with Crippen molar-refractivity contribution in [3.63, 3.8) is 0 Å². The van der Waals surface area contributed by atoms with Gasteiger partial charge in [-0.3, -0.25) is 9.59 Å². The zero-order valence-electron chi connectivity index (χ0n) is 14.8. The Hall–Kier alpha value is -2.74. The van der Waals surface area contributed by atoms with Crippen molar-refractivity contribution in [3.05, 3.63) is 46.0 Å². The molecule has 1 aliphatic heterocycles. The van der Waals surface area contributed by atoms with Crippen molar-refractivity contribution in [1.29, 1.82) is 0 Å². The van der Waals surface area contributed by atoms with Crippen molar-refractivity contribution in [3.8, 4) is 0 Å². The summed E-state index contributed by atoms with van der Waals surface area (Å²) in [5.41, 5.74) is -0.0396. The Morgan fingerprint density at radius 3 is 2.69 bits per heavy atom. The van der Waals surface area contributed by atoms with Gasteiger partial charge in [0, 0.05) is 29.6 Å². The predicted octanol–water partition coefficient (Wildman–Crippen LogP) is 0.985. The number of H-pyrrole nitrogens is 1. The average Bonchev–Trinajstić information content (AvgIpc) is 3.05. The van der Waals surface area contributed by atoms with Gasteiger partial charge in [0.05, 0.1) is 12.7 Å². The molecule has 2 aromatic rings. The van der Waals surface area contributed by atoms with E-state index in [0.29, 0.717) is 23.9 Å². The number of amides is 1. The Balaban J connectivity index is 2.07. The van der Waals surface area contributed by atoms with Gasteiger partial charge in [0.2, 0.25) is 5.56 Å². The summed E-state index contributed by atoms with van der Waals surface area (Å²) in [6, 6.07) is 4.19. The van der Waals surface area contributed by atoms with Gasteiger partial charge in [0.1, 0.15) is 11.9 Å². The van der Waals surface area contributed by atoms with Gasteiger partial charge >= 0.3 is 5.97 Å². The number of ether oxygens (including phenoxy) is 1. The van der Waals surface area contributed by atoms with Crippen LogP contribution in [0.4, 0.5) is 4.39 Å². The van der Waals surface area contributed by atoms with Crippen molar-refractivity contribution >= 4 is 22.8 Å². The molecule has 1 fully saturated rings. The summed E-state index contributed by atoms with van der Waals surface area (Å²) < 4.78 is 18.5. The number of nitrogens with one attached hydrogen (secondary N) is 1. The quantitative estimate of drug-likeness (QED) is 0.825. The molecule has 7 nitrogen and oxygen atoms in total. The summed E-state index contributed by atoms with van der Waals surface area (Å²) in [5, 5.41) is 0.298. The lowest BCUT2D eigenvalue weighted by Crippen LogP contribution is -2.42. The molecule has 2 heterocycles. The lowest BCUT2D eigenvalue weighted by molar-refractivity contribution is -0.145. The standard InChI is InChI=1S/C18H20FN3O4/c1-21(2)11-7-15(18(25)26-3)22(9-11)17(24)13-8-16(23)20-14-5-4-10(19)6-12(13)14/h4-6,8,11,15H,7,9H2,1-3H3,(H,20,23)/t11-,15+/m1/s1. The molecule has 138 valence electrons. The largest absolute Gasteiger partial charge is 0.467 e. The number of carbonyl (C=O) groups excluding carboxylic acids is 2. The third-order valence-electron chi connectivity index (χ3n) is 4.78. The molecule has 1 aromatic heterocycles. The first-order valence-corrected chi connectivity index (χ1v) is 8.19. The molecular weight excluding hydrogens is 341 g/mol. The number of hydrogen-bond donors (Lipinski definition) is 1. The Bertz CT molecular complexity index is 924. The van der Waals surface area contributed by atoms with Crippen molar-refractivity contribution < 1.29 is 18.7 Å². The van der Waals surface area contributed by atoms with Gasteiger partial charge in [-0.15, -0.1) is 0 Å². The zero-order chi connectivity index (χ0) is 19.0. The van der Waals surface area contributed by atoms with E-state index in [0.717, 1.165) is 6.07 Å². The number of halogens is 1. The summed E-state index contributed by atoms with van der Waals surface area (Å²) in [6.07, 6.45) is 0.431. The fourth-order valence-electron chi connectivity index (χ4n) is 3.33. The molecule has 0 spiro atoms. The third kappa shape index (κ3) is 3.20. The second kappa shape index (κ2) is 6.87. The summed E-state index contributed by atoms with van der Waals surface area (Å²) in [7, 11) is 5.00. The number of pyridine rings is 1. The van der Waals surface area contributed by atoms with Crippen molar-refractivity contribution in [2.75, 3.05) is 27.7 Å². The second-order valence-electron chi connectivity index (χ2n) is 6.59. The highest BCUT2D eigenvalue weighted by Gasteiger charge is 2.41. The van der Waals surface area contributed by atoms with Crippen LogP contribution in [0.5, 0.6) is 0 Å². The lowest BCUT2D eigenvalue weighted by Gasteiger charge is -2.23. The minimum absolute atomic E-state index is 0.0203. The number of likely N-dealkylation sites (tertiary alicyclic amines) is 1. The van der Waals surface area contributed by atoms with Crippen LogP contribution in [0, 0.1) is 5.82 Å². The number of aromatic nitrogens is 1. The number of hydrogen-bond acceptors (Lipinski definition) is 5. The van der Waals surface area contributed by atoms with Crippen molar-refractivity contribution in [2.45, 2.75) is 18.5 Å². The summed E-state index contributed by atoms with van der Waals surface area (Å²) in [4.78, 5) is 43.1. The predicted molar refractivity (Wildman–Crippen MR) is 93.5 cm³/mol. The Morgan fingerprint density at radius 1 is 1.31 bits per heavy atom. The zero-order valence-corrected chi connectivity index (χ0v) is 14.8. The van der Waals surface area contributed by atoms with Crippen LogP contribution in [0.15, 0.2) is 29.1 Å². The minimum Gasteiger partial charge on any atom is -0.467 e. The highest BCUT2D eigenvalue weighted by Crippen LogP contribution is 2.26. The highest BCUT2D eigenvalue weighted by atomic mass is 19.1. The molecule has 3 rings (SSSR count). The highest BCUT2D eigenvalue weighted by molar-refractivity contribution is 6.07. The van der Waals surface area contributed by atoms with Gasteiger partial charge in [-0.25, -0.2) is 9.18 Å². The Labute approximate surface area is 149 Å². The molecule has 1 amide bonds. The molecule has 0 bridgehead atoms. The summed E-state index contributed by atoms with van der Waals surface area (Å²) >= 11 is 0. The number of methoxy groups -OCH3 is 1. The van der Waals surface area contributed by atoms with E-state index < -0.39 is 29.3 Å². The van der Waals surface area contributed by atoms with E-state index in [9.17, 15) is 18.8 Å². The second-order valence-corrected chi connectivity index (χ2v) is 6.59. The van der Waals surface area contributed by atoms with Crippen molar-refractivity contribution in [1.82, 2.24) is 14.8 Å². The molecule has 0 aliphatic carbocycles. The minimum atomic E-state index is -0.747. The van der Waals surface area contributed by atoms with Gasteiger partial charge in [-0.05, 0) is 38.7 Å².